The molecule has 0 bridgehead atoms. The summed E-state index contributed by atoms with van der Waals surface area (Å²) in [5, 5.41) is 0. The largest absolute Gasteiger partial charge is 0.468 e. The van der Waals surface area contributed by atoms with E-state index in [1.54, 1.807) is 0 Å². The maximum atomic E-state index is 13.1. The number of unbranched alkanes of at least 4 members (excludes halogenated alkanes) is 1. The third-order valence-corrected chi connectivity index (χ3v) is 6.17. The van der Waals surface area contributed by atoms with E-state index >= 15 is 0 Å². The quantitative estimate of drug-likeness (QED) is 0.615. The molecule has 1 saturated carbocycles. The molecule has 0 unspecified atom stereocenters. The van der Waals surface area contributed by atoms with Gasteiger partial charge in [0.05, 0.1) is 36.8 Å². The zero-order valence-electron chi connectivity index (χ0n) is 17.0. The van der Waals surface area contributed by atoms with Crippen LogP contribution in [0.3, 0.4) is 0 Å². The fraction of sp³-hybridized carbons (Fsp3) is 0.619. The summed E-state index contributed by atoms with van der Waals surface area (Å²) in [5.41, 5.74) is 0.756. The standard InChI is InChI=1S/C21H26F3N3O3/c1-29-19-25-16-6-5-15(26-10-12-30-13-11-26)14-17(16)27(19)18(28)4-2-3-7-20(8-9-20)21(22,23)24/h5-6,14H,2-4,7-13H2,1H3. The molecule has 0 radical (unpaired) electrons. The molecular weight excluding hydrogens is 399 g/mol. The van der Waals surface area contributed by atoms with Crippen LogP contribution in [0.15, 0.2) is 18.2 Å². The normalized spacial score (nSPS) is 18.6. The van der Waals surface area contributed by atoms with Gasteiger partial charge in [0, 0.05) is 25.2 Å². The van der Waals surface area contributed by atoms with Crippen molar-refractivity contribution in [2.24, 2.45) is 5.41 Å². The van der Waals surface area contributed by atoms with Crippen LogP contribution in [0.5, 0.6) is 6.01 Å². The fourth-order valence-electron chi connectivity index (χ4n) is 4.12. The van der Waals surface area contributed by atoms with Gasteiger partial charge in [-0.1, -0.05) is 6.42 Å². The summed E-state index contributed by atoms with van der Waals surface area (Å²) in [6.07, 6.45) is -2.72. The number of halogens is 3. The van der Waals surface area contributed by atoms with Crippen LogP contribution < -0.4 is 9.64 Å². The molecule has 2 aromatic rings. The third-order valence-electron chi connectivity index (χ3n) is 6.17. The molecule has 9 heteroatoms. The predicted octanol–water partition coefficient (Wildman–Crippen LogP) is 4.42. The first-order valence-corrected chi connectivity index (χ1v) is 10.3. The van der Waals surface area contributed by atoms with Crippen molar-refractivity contribution in [1.29, 1.82) is 0 Å². The Bertz CT molecular complexity index is 915. The third kappa shape index (κ3) is 3.99. The van der Waals surface area contributed by atoms with Crippen LogP contribution in [0.25, 0.3) is 11.0 Å². The number of fused-ring (bicyclic) bond motifs is 1. The van der Waals surface area contributed by atoms with Crippen molar-refractivity contribution < 1.29 is 27.4 Å². The van der Waals surface area contributed by atoms with Crippen molar-refractivity contribution in [1.82, 2.24) is 9.55 Å². The molecule has 1 saturated heterocycles. The molecule has 1 aliphatic heterocycles. The molecule has 0 amide bonds. The summed E-state index contributed by atoms with van der Waals surface area (Å²) < 4.78 is 51.3. The van der Waals surface area contributed by atoms with Crippen LogP contribution >= 0.6 is 0 Å². The van der Waals surface area contributed by atoms with Crippen LogP contribution in [0.4, 0.5) is 18.9 Å². The van der Waals surface area contributed by atoms with Gasteiger partial charge in [0.2, 0.25) is 5.91 Å². The smallest absolute Gasteiger partial charge is 0.394 e. The first-order valence-electron chi connectivity index (χ1n) is 10.3. The lowest BCUT2D eigenvalue weighted by Crippen LogP contribution is -2.36. The molecule has 6 nitrogen and oxygen atoms in total. The van der Waals surface area contributed by atoms with Gasteiger partial charge >= 0.3 is 12.2 Å². The molecule has 1 aliphatic carbocycles. The molecule has 0 atom stereocenters. The average molecular weight is 425 g/mol. The molecule has 0 spiro atoms. The van der Waals surface area contributed by atoms with Gasteiger partial charge in [0.25, 0.3) is 0 Å². The van der Waals surface area contributed by atoms with Crippen LogP contribution in [0.2, 0.25) is 0 Å². The fourth-order valence-corrected chi connectivity index (χ4v) is 4.12. The molecule has 30 heavy (non-hydrogen) atoms. The highest BCUT2D eigenvalue weighted by Crippen LogP contribution is 2.60. The van der Waals surface area contributed by atoms with Gasteiger partial charge in [0.15, 0.2) is 0 Å². The molecule has 2 aliphatic rings. The minimum atomic E-state index is -4.14. The van der Waals surface area contributed by atoms with Crippen LogP contribution in [0.1, 0.15) is 43.3 Å². The highest BCUT2D eigenvalue weighted by atomic mass is 19.4. The van der Waals surface area contributed by atoms with Crippen molar-refractivity contribution in [3.05, 3.63) is 18.2 Å². The minimum absolute atomic E-state index is 0.0900. The van der Waals surface area contributed by atoms with Crippen molar-refractivity contribution in [3.8, 4) is 6.01 Å². The Morgan fingerprint density at radius 1 is 1.23 bits per heavy atom. The maximum Gasteiger partial charge on any atom is 0.394 e. The van der Waals surface area contributed by atoms with Gasteiger partial charge in [-0.05, 0) is 43.9 Å². The Hall–Kier alpha value is -2.29. The first-order chi connectivity index (χ1) is 14.3. The van der Waals surface area contributed by atoms with E-state index in [1.165, 1.54) is 11.7 Å². The number of benzene rings is 1. The number of carbonyl (C=O) groups excluding carboxylic acids is 1. The Labute approximate surface area is 172 Å². The second kappa shape index (κ2) is 8.09. The number of methoxy groups -OCH3 is 1. The summed E-state index contributed by atoms with van der Waals surface area (Å²) in [6.45, 7) is 2.84. The van der Waals surface area contributed by atoms with E-state index in [-0.39, 0.29) is 37.6 Å². The number of hydrogen-bond donors (Lipinski definition) is 0. The van der Waals surface area contributed by atoms with E-state index in [9.17, 15) is 18.0 Å². The number of alkyl halides is 3. The number of hydrogen-bond acceptors (Lipinski definition) is 5. The molecule has 0 N–H and O–H groups in total. The molecule has 1 aromatic carbocycles. The number of nitrogens with zero attached hydrogens (tertiary/aromatic N) is 3. The number of morpholine rings is 1. The van der Waals surface area contributed by atoms with Gasteiger partial charge in [0.1, 0.15) is 0 Å². The van der Waals surface area contributed by atoms with E-state index in [0.717, 1.165) is 18.8 Å². The summed E-state index contributed by atoms with van der Waals surface area (Å²) >= 11 is 0. The molecular formula is C21H26F3N3O3. The van der Waals surface area contributed by atoms with Crippen molar-refractivity contribution in [2.45, 2.75) is 44.7 Å². The molecule has 2 fully saturated rings. The summed E-state index contributed by atoms with van der Waals surface area (Å²) in [5.74, 6) is -0.217. The van der Waals surface area contributed by atoms with Crippen molar-refractivity contribution in [2.75, 3.05) is 38.3 Å². The van der Waals surface area contributed by atoms with Crippen molar-refractivity contribution >= 4 is 22.6 Å². The number of aromatic nitrogens is 2. The Morgan fingerprint density at radius 3 is 2.60 bits per heavy atom. The summed E-state index contributed by atoms with van der Waals surface area (Å²) in [4.78, 5) is 19.5. The Kier molecular flexibility index (Phi) is 5.65. The lowest BCUT2D eigenvalue weighted by atomic mass is 9.97. The van der Waals surface area contributed by atoms with Crippen LogP contribution in [0, 0.1) is 5.41 Å². The van der Waals surface area contributed by atoms with Crippen LogP contribution in [-0.2, 0) is 4.74 Å². The number of rotatable bonds is 7. The lowest BCUT2D eigenvalue weighted by molar-refractivity contribution is -0.189. The van der Waals surface area contributed by atoms with Gasteiger partial charge < -0.3 is 14.4 Å². The lowest BCUT2D eigenvalue weighted by Gasteiger charge is -2.28. The topological polar surface area (TPSA) is 56.6 Å². The zero-order chi connectivity index (χ0) is 21.4. The number of ether oxygens (including phenoxy) is 2. The Balaban J connectivity index is 1.47. The SMILES string of the molecule is COc1nc2ccc(N3CCOCC3)cc2n1C(=O)CCCCC1(C(F)(F)F)CC1. The summed E-state index contributed by atoms with van der Waals surface area (Å²) in [6, 6.07) is 5.92. The maximum absolute atomic E-state index is 13.1. The van der Waals surface area contributed by atoms with E-state index in [0.29, 0.717) is 37.1 Å². The first kappa shape index (κ1) is 21.0. The van der Waals surface area contributed by atoms with E-state index in [1.807, 2.05) is 18.2 Å². The summed E-state index contributed by atoms with van der Waals surface area (Å²) in [7, 11) is 1.45. The highest BCUT2D eigenvalue weighted by molar-refractivity contribution is 5.93. The predicted molar refractivity (Wildman–Crippen MR) is 106 cm³/mol. The van der Waals surface area contributed by atoms with E-state index < -0.39 is 11.6 Å². The minimum Gasteiger partial charge on any atom is -0.468 e. The molecule has 2 heterocycles. The Morgan fingerprint density at radius 2 is 1.97 bits per heavy atom. The average Bonchev–Trinajstić information content (AvgIpc) is 3.45. The van der Waals surface area contributed by atoms with Crippen molar-refractivity contribution in [3.63, 3.8) is 0 Å². The van der Waals surface area contributed by atoms with Gasteiger partial charge in [-0.3, -0.25) is 4.79 Å². The monoisotopic (exact) mass is 425 g/mol. The number of anilines is 1. The zero-order valence-corrected chi connectivity index (χ0v) is 17.0. The second-order valence-corrected chi connectivity index (χ2v) is 8.09. The second-order valence-electron chi connectivity index (χ2n) is 8.09. The van der Waals surface area contributed by atoms with Gasteiger partial charge in [-0.15, -0.1) is 0 Å². The number of imidazole rings is 1. The molecule has 1 aromatic heterocycles. The van der Waals surface area contributed by atoms with E-state index in [2.05, 4.69) is 9.88 Å². The molecule has 164 valence electrons. The molecule has 4 rings (SSSR count). The highest BCUT2D eigenvalue weighted by Gasteiger charge is 2.62. The van der Waals surface area contributed by atoms with Gasteiger partial charge in [-0.25, -0.2) is 4.57 Å². The van der Waals surface area contributed by atoms with Crippen LogP contribution in [-0.4, -0.2) is 55.0 Å². The van der Waals surface area contributed by atoms with E-state index in [4.69, 9.17) is 9.47 Å². The van der Waals surface area contributed by atoms with Gasteiger partial charge in [-0.2, -0.15) is 18.2 Å². The number of carbonyl (C=O) groups is 1.